The number of hydrogen-bond acceptors (Lipinski definition) is 6. The molecule has 39 heavy (non-hydrogen) atoms. The summed E-state index contributed by atoms with van der Waals surface area (Å²) in [6.45, 7) is 1.49. The highest BCUT2D eigenvalue weighted by Gasteiger charge is 2.39. The van der Waals surface area contributed by atoms with Gasteiger partial charge in [0.05, 0.1) is 34.2 Å². The van der Waals surface area contributed by atoms with Crippen molar-refractivity contribution in [1.29, 1.82) is 0 Å². The number of benzene rings is 2. The van der Waals surface area contributed by atoms with Crippen LogP contribution in [-0.4, -0.2) is 55.0 Å². The third kappa shape index (κ3) is 3.38. The van der Waals surface area contributed by atoms with E-state index in [1.54, 1.807) is 35.4 Å². The lowest BCUT2D eigenvalue weighted by Crippen LogP contribution is -2.44. The first-order valence-electron chi connectivity index (χ1n) is 12.9. The minimum atomic E-state index is -0.632. The Morgan fingerprint density at radius 3 is 2.69 bits per heavy atom. The number of halogens is 2. The van der Waals surface area contributed by atoms with Crippen LogP contribution in [0.25, 0.3) is 50.2 Å². The lowest BCUT2D eigenvalue weighted by molar-refractivity contribution is 0.565. The second kappa shape index (κ2) is 8.40. The fraction of sp³-hybridized carbons (Fsp3) is 0.172. The predicted molar refractivity (Wildman–Crippen MR) is 144 cm³/mol. The van der Waals surface area contributed by atoms with Crippen LogP contribution in [0.3, 0.4) is 0 Å². The Balaban J connectivity index is 1.43. The summed E-state index contributed by atoms with van der Waals surface area (Å²) < 4.78 is 32.1. The number of aromatic nitrogens is 6. The van der Waals surface area contributed by atoms with Gasteiger partial charge in [0.25, 0.3) is 0 Å². The van der Waals surface area contributed by atoms with Crippen molar-refractivity contribution in [3.63, 3.8) is 0 Å². The first kappa shape index (κ1) is 22.3. The molecule has 8 nitrogen and oxygen atoms in total. The van der Waals surface area contributed by atoms with Crippen LogP contribution >= 0.6 is 0 Å². The van der Waals surface area contributed by atoms with Crippen LogP contribution in [0.1, 0.15) is 6.42 Å². The molecule has 2 aromatic carbocycles. The summed E-state index contributed by atoms with van der Waals surface area (Å²) in [5, 5.41) is 16.7. The molecule has 2 fully saturated rings. The van der Waals surface area contributed by atoms with E-state index in [1.165, 1.54) is 6.07 Å². The van der Waals surface area contributed by atoms with Gasteiger partial charge in [0, 0.05) is 60.8 Å². The highest BCUT2D eigenvalue weighted by atomic mass is 19.1. The number of anilines is 1. The number of hydrogen-bond donors (Lipinski definition) is 2. The molecule has 2 bridgehead atoms. The molecule has 2 N–H and O–H groups in total. The van der Waals surface area contributed by atoms with Gasteiger partial charge < -0.3 is 10.2 Å². The first-order valence-corrected chi connectivity index (χ1v) is 12.9. The predicted octanol–water partition coefficient (Wildman–Crippen LogP) is 4.83. The van der Waals surface area contributed by atoms with Crippen LogP contribution in [0.15, 0.2) is 73.3 Å². The molecule has 0 amide bonds. The second-order valence-corrected chi connectivity index (χ2v) is 10.1. The van der Waals surface area contributed by atoms with Crippen LogP contribution in [0.5, 0.6) is 0 Å². The Bertz CT molecular complexity index is 1880. The van der Waals surface area contributed by atoms with E-state index in [1.807, 2.05) is 30.3 Å². The number of aromatic amines is 1. The molecule has 0 aliphatic carbocycles. The average Bonchev–Trinajstić information content (AvgIpc) is 3.76. The Labute approximate surface area is 221 Å². The zero-order chi connectivity index (χ0) is 26.1. The van der Waals surface area contributed by atoms with Crippen LogP contribution in [-0.2, 0) is 0 Å². The topological polar surface area (TPSA) is 87.0 Å². The third-order valence-electron chi connectivity index (χ3n) is 7.88. The fourth-order valence-electron chi connectivity index (χ4n) is 6.18. The molecule has 2 aliphatic heterocycles. The number of nitrogens with one attached hydrogen (secondary N) is 2. The van der Waals surface area contributed by atoms with Crippen LogP contribution in [0.4, 0.5) is 14.5 Å². The van der Waals surface area contributed by atoms with Crippen LogP contribution in [0, 0.1) is 11.6 Å². The van der Waals surface area contributed by atoms with E-state index in [0.29, 0.717) is 40.9 Å². The van der Waals surface area contributed by atoms with Crippen molar-refractivity contribution in [1.82, 2.24) is 35.1 Å². The molecule has 192 valence electrons. The molecule has 6 aromatic rings. The van der Waals surface area contributed by atoms with Crippen LogP contribution in [0.2, 0.25) is 0 Å². The maximum atomic E-state index is 15.8. The zero-order valence-corrected chi connectivity index (χ0v) is 20.6. The van der Waals surface area contributed by atoms with Crippen molar-refractivity contribution in [2.45, 2.75) is 18.5 Å². The van der Waals surface area contributed by atoms with Gasteiger partial charge in [-0.05, 0) is 42.3 Å². The van der Waals surface area contributed by atoms with Crippen molar-refractivity contribution in [3.8, 4) is 33.6 Å². The molecule has 2 atom stereocenters. The van der Waals surface area contributed by atoms with E-state index in [0.717, 1.165) is 46.6 Å². The second-order valence-electron chi connectivity index (χ2n) is 10.1. The van der Waals surface area contributed by atoms with E-state index in [4.69, 9.17) is 10.1 Å². The van der Waals surface area contributed by atoms with Crippen molar-refractivity contribution in [2.75, 3.05) is 18.0 Å². The number of rotatable bonds is 4. The van der Waals surface area contributed by atoms with Gasteiger partial charge in [-0.15, -0.1) is 0 Å². The van der Waals surface area contributed by atoms with Crippen molar-refractivity contribution in [2.24, 2.45) is 0 Å². The highest BCUT2D eigenvalue weighted by Crippen LogP contribution is 2.42. The van der Waals surface area contributed by atoms with Gasteiger partial charge in [-0.1, -0.05) is 12.1 Å². The molecule has 0 radical (unpaired) electrons. The molecule has 2 aliphatic rings. The Kier molecular flexibility index (Phi) is 4.80. The Hall–Kier alpha value is -4.70. The van der Waals surface area contributed by atoms with Crippen molar-refractivity contribution >= 4 is 22.2 Å². The average molecular weight is 521 g/mol. The lowest BCUT2D eigenvalue weighted by Gasteiger charge is -2.31. The minimum absolute atomic E-state index is 0.187. The normalized spacial score (nSPS) is 18.6. The summed E-state index contributed by atoms with van der Waals surface area (Å²) in [6.07, 6.45) is 7.82. The summed E-state index contributed by atoms with van der Waals surface area (Å²) in [7, 11) is 0. The van der Waals surface area contributed by atoms with E-state index in [-0.39, 0.29) is 6.04 Å². The largest absolute Gasteiger partial charge is 0.365 e. The summed E-state index contributed by atoms with van der Waals surface area (Å²) in [6, 6.07) is 14.3. The molecule has 4 aromatic heterocycles. The number of nitrogens with zero attached hydrogens (tertiary/aromatic N) is 6. The van der Waals surface area contributed by atoms with Crippen molar-refractivity contribution in [3.05, 3.63) is 85.0 Å². The molecule has 0 spiro atoms. The fourth-order valence-corrected chi connectivity index (χ4v) is 6.18. The van der Waals surface area contributed by atoms with Gasteiger partial charge in [-0.25, -0.2) is 18.3 Å². The molecule has 8 rings (SSSR count). The summed E-state index contributed by atoms with van der Waals surface area (Å²) >= 11 is 0. The van der Waals surface area contributed by atoms with Crippen molar-refractivity contribution < 1.29 is 8.78 Å². The molecule has 2 unspecified atom stereocenters. The standard InChI is InChI=1S/C29H22F2N8/c30-17-10-22(31)27(25(11-17)38-15-18-12-19(38)13-34-18)24-6-9-33-29-26(20-2-1-3-23-21(20)14-35-36-23)28(37-39(24)29)16-4-7-32-8-5-16/h1-11,14,18-19,34H,12-13,15H2,(H,35,36). The van der Waals surface area contributed by atoms with Gasteiger partial charge in [-0.2, -0.15) is 10.2 Å². The molecule has 2 saturated heterocycles. The Morgan fingerprint density at radius 2 is 1.87 bits per heavy atom. The quantitative estimate of drug-likeness (QED) is 0.346. The Morgan fingerprint density at radius 1 is 0.974 bits per heavy atom. The maximum absolute atomic E-state index is 15.8. The van der Waals surface area contributed by atoms with E-state index in [9.17, 15) is 4.39 Å². The highest BCUT2D eigenvalue weighted by molar-refractivity contribution is 6.03. The smallest absolute Gasteiger partial charge is 0.164 e. The molecular weight excluding hydrogens is 498 g/mol. The van der Waals surface area contributed by atoms with Crippen LogP contribution < -0.4 is 10.2 Å². The number of piperazine rings is 1. The number of fused-ring (bicyclic) bond motifs is 4. The molecule has 0 saturated carbocycles. The molecular formula is C29H22F2N8. The van der Waals surface area contributed by atoms with Gasteiger partial charge in [-0.3, -0.25) is 10.1 Å². The number of pyridine rings is 1. The zero-order valence-electron chi connectivity index (χ0n) is 20.6. The van der Waals surface area contributed by atoms with Gasteiger partial charge in [0.15, 0.2) is 5.65 Å². The SMILES string of the molecule is Fc1cc(F)c(-c2ccnc3c(-c4cccc5[nH]ncc45)c(-c4ccncc4)nn23)c(N2CC3CC2CN3)c1. The van der Waals surface area contributed by atoms with E-state index >= 15 is 4.39 Å². The third-order valence-corrected chi connectivity index (χ3v) is 7.88. The molecule has 10 heteroatoms. The summed E-state index contributed by atoms with van der Waals surface area (Å²) in [5.41, 5.74) is 6.02. The monoisotopic (exact) mass is 520 g/mol. The summed E-state index contributed by atoms with van der Waals surface area (Å²) in [5.74, 6) is -1.23. The van der Waals surface area contributed by atoms with Gasteiger partial charge >= 0.3 is 0 Å². The lowest BCUT2D eigenvalue weighted by atomic mass is 9.99. The van der Waals surface area contributed by atoms with E-state index < -0.39 is 11.6 Å². The van der Waals surface area contributed by atoms with Gasteiger partial charge in [0.1, 0.15) is 17.3 Å². The number of H-pyrrole nitrogens is 1. The molecule has 6 heterocycles. The summed E-state index contributed by atoms with van der Waals surface area (Å²) in [4.78, 5) is 11.0. The maximum Gasteiger partial charge on any atom is 0.164 e. The minimum Gasteiger partial charge on any atom is -0.365 e. The first-order chi connectivity index (χ1) is 19.2. The van der Waals surface area contributed by atoms with E-state index in [2.05, 4.69) is 25.4 Å². The van der Waals surface area contributed by atoms with Gasteiger partial charge in [0.2, 0.25) is 0 Å².